The van der Waals surface area contributed by atoms with Gasteiger partial charge in [0.25, 0.3) is 5.82 Å². The standard InChI is InChI=1S/C19H15FN2O3S/c20-15-5-9-17(10-6-15)25-16-7-3-14(4-8-16)18-2-1-11-22-12-13-26(23,24)21-19(18)22/h1-11H,12-13H2/p+1. The maximum absolute atomic E-state index is 13.0. The predicted molar refractivity (Wildman–Crippen MR) is 96.0 cm³/mol. The van der Waals surface area contributed by atoms with Crippen LogP contribution in [0.1, 0.15) is 0 Å². The minimum Gasteiger partial charge on any atom is -0.457 e. The van der Waals surface area contributed by atoms with Crippen molar-refractivity contribution < 1.29 is 22.1 Å². The van der Waals surface area contributed by atoms with Crippen LogP contribution in [0.4, 0.5) is 10.2 Å². The van der Waals surface area contributed by atoms with Crippen LogP contribution in [0.25, 0.3) is 11.1 Å². The molecule has 1 aliphatic heterocycles. The van der Waals surface area contributed by atoms with Crippen LogP contribution in [0.2, 0.25) is 0 Å². The Labute approximate surface area is 150 Å². The number of hydrogen-bond donors (Lipinski definition) is 1. The molecule has 0 spiro atoms. The van der Waals surface area contributed by atoms with Gasteiger partial charge in [0.1, 0.15) is 29.6 Å². The van der Waals surface area contributed by atoms with E-state index in [1.807, 2.05) is 35.0 Å². The fourth-order valence-corrected chi connectivity index (χ4v) is 3.90. The number of nitrogens with one attached hydrogen (secondary N) is 1. The van der Waals surface area contributed by atoms with E-state index < -0.39 is 10.0 Å². The number of aromatic nitrogens is 1. The smallest absolute Gasteiger partial charge is 0.302 e. The van der Waals surface area contributed by atoms with Gasteiger partial charge < -0.3 is 4.74 Å². The average Bonchev–Trinajstić information content (AvgIpc) is 2.63. The lowest BCUT2D eigenvalue weighted by Gasteiger charge is -2.15. The lowest BCUT2D eigenvalue weighted by molar-refractivity contribution is -0.679. The second-order valence-electron chi connectivity index (χ2n) is 5.97. The first-order chi connectivity index (χ1) is 12.5. The summed E-state index contributed by atoms with van der Waals surface area (Å²) < 4.78 is 47.0. The first-order valence-corrected chi connectivity index (χ1v) is 9.72. The van der Waals surface area contributed by atoms with Crippen molar-refractivity contribution in [2.45, 2.75) is 6.54 Å². The van der Waals surface area contributed by atoms with Crippen molar-refractivity contribution in [3.63, 3.8) is 0 Å². The molecule has 0 saturated carbocycles. The van der Waals surface area contributed by atoms with Crippen LogP contribution in [0, 0.1) is 5.82 Å². The molecule has 1 aliphatic rings. The van der Waals surface area contributed by atoms with Crippen LogP contribution in [-0.2, 0) is 16.6 Å². The molecule has 1 aromatic heterocycles. The summed E-state index contributed by atoms with van der Waals surface area (Å²) in [6.07, 6.45) is 1.85. The number of benzene rings is 2. The SMILES string of the molecule is O=S1(=O)CC[n+]2cccc(-c3ccc(Oc4ccc(F)cc4)cc3)c2N1. The third kappa shape index (κ3) is 3.39. The molecule has 3 aromatic rings. The number of fused-ring (bicyclic) bond motifs is 1. The summed E-state index contributed by atoms with van der Waals surface area (Å²) in [6, 6.07) is 16.9. The Balaban J connectivity index is 1.63. The average molecular weight is 371 g/mol. The summed E-state index contributed by atoms with van der Waals surface area (Å²) in [5, 5.41) is 0. The molecule has 2 heterocycles. The highest BCUT2D eigenvalue weighted by Gasteiger charge is 2.29. The number of pyridine rings is 1. The monoisotopic (exact) mass is 371 g/mol. The van der Waals surface area contributed by atoms with Gasteiger partial charge in [-0.2, -0.15) is 13.1 Å². The Morgan fingerprint density at radius 2 is 1.62 bits per heavy atom. The fourth-order valence-electron chi connectivity index (χ4n) is 2.84. The van der Waals surface area contributed by atoms with Gasteiger partial charge in [-0.25, -0.2) is 8.96 Å². The molecular formula is C19H16FN2O3S+. The Morgan fingerprint density at radius 1 is 0.962 bits per heavy atom. The molecule has 0 saturated heterocycles. The van der Waals surface area contributed by atoms with Crippen LogP contribution in [-0.4, -0.2) is 14.2 Å². The zero-order chi connectivity index (χ0) is 18.1. The maximum Gasteiger partial charge on any atom is 0.302 e. The second-order valence-corrected chi connectivity index (χ2v) is 7.81. The molecule has 7 heteroatoms. The van der Waals surface area contributed by atoms with Crippen molar-refractivity contribution in [1.29, 1.82) is 0 Å². The van der Waals surface area contributed by atoms with Crippen molar-refractivity contribution >= 4 is 15.8 Å². The molecule has 4 rings (SSSR count). The minimum absolute atomic E-state index is 0.0680. The number of halogens is 1. The largest absolute Gasteiger partial charge is 0.457 e. The third-order valence-corrected chi connectivity index (χ3v) is 5.36. The Hall–Kier alpha value is -2.93. The Kier molecular flexibility index (Phi) is 4.08. The maximum atomic E-state index is 13.0. The molecule has 0 unspecified atom stereocenters. The van der Waals surface area contributed by atoms with Crippen LogP contribution in [0.5, 0.6) is 11.5 Å². The molecule has 1 N–H and O–H groups in total. The van der Waals surface area contributed by atoms with Crippen LogP contribution < -0.4 is 14.0 Å². The number of aryl methyl sites for hydroxylation is 1. The first-order valence-electron chi connectivity index (χ1n) is 8.07. The number of sulfonamides is 1. The predicted octanol–water partition coefficient (Wildman–Crippen LogP) is 3.33. The summed E-state index contributed by atoms with van der Waals surface area (Å²) in [4.78, 5) is 0. The van der Waals surface area contributed by atoms with E-state index in [1.54, 1.807) is 24.3 Å². The summed E-state index contributed by atoms with van der Waals surface area (Å²) in [6.45, 7) is 0.421. The van der Waals surface area contributed by atoms with E-state index in [0.29, 0.717) is 23.9 Å². The number of hydrogen-bond acceptors (Lipinski definition) is 3. The molecule has 0 aliphatic carbocycles. The van der Waals surface area contributed by atoms with Gasteiger partial charge in [-0.15, -0.1) is 0 Å². The fraction of sp³-hybridized carbons (Fsp3) is 0.105. The molecule has 0 atom stereocenters. The summed E-state index contributed by atoms with van der Waals surface area (Å²) in [7, 11) is -3.31. The molecule has 0 amide bonds. The van der Waals surface area contributed by atoms with Gasteiger partial charge in [0.2, 0.25) is 0 Å². The summed E-state index contributed by atoms with van der Waals surface area (Å²) in [5.74, 6) is 1.46. The molecule has 5 nitrogen and oxygen atoms in total. The topological polar surface area (TPSA) is 59.3 Å². The van der Waals surface area contributed by atoms with E-state index in [2.05, 4.69) is 4.72 Å². The Morgan fingerprint density at radius 3 is 2.31 bits per heavy atom. The lowest BCUT2D eigenvalue weighted by Crippen LogP contribution is -2.47. The third-order valence-electron chi connectivity index (χ3n) is 4.14. The number of rotatable bonds is 3. The van der Waals surface area contributed by atoms with Crippen molar-refractivity contribution in [3.8, 4) is 22.6 Å². The van der Waals surface area contributed by atoms with E-state index in [9.17, 15) is 12.8 Å². The van der Waals surface area contributed by atoms with Gasteiger partial charge in [0.05, 0.1) is 11.8 Å². The normalized spacial score (nSPS) is 15.0. The molecule has 2 aromatic carbocycles. The van der Waals surface area contributed by atoms with Gasteiger partial charge in [-0.1, -0.05) is 12.1 Å². The highest BCUT2D eigenvalue weighted by Crippen LogP contribution is 2.30. The number of anilines is 1. The zero-order valence-corrected chi connectivity index (χ0v) is 14.5. The van der Waals surface area contributed by atoms with Gasteiger partial charge in [-0.3, -0.25) is 0 Å². The van der Waals surface area contributed by atoms with E-state index in [0.717, 1.165) is 11.1 Å². The van der Waals surface area contributed by atoms with Crippen molar-refractivity contribution in [2.24, 2.45) is 0 Å². The molecule has 0 fully saturated rings. The highest BCUT2D eigenvalue weighted by atomic mass is 32.2. The van der Waals surface area contributed by atoms with Crippen LogP contribution in [0.15, 0.2) is 66.9 Å². The Bertz CT molecular complexity index is 1050. The molecule has 26 heavy (non-hydrogen) atoms. The second kappa shape index (κ2) is 6.42. The van der Waals surface area contributed by atoms with E-state index in [4.69, 9.17) is 4.74 Å². The lowest BCUT2D eigenvalue weighted by atomic mass is 10.1. The number of nitrogens with zero attached hydrogens (tertiary/aromatic N) is 1. The van der Waals surface area contributed by atoms with Gasteiger partial charge in [0, 0.05) is 0 Å². The van der Waals surface area contributed by atoms with Crippen LogP contribution >= 0.6 is 0 Å². The van der Waals surface area contributed by atoms with E-state index in [1.165, 1.54) is 12.1 Å². The van der Waals surface area contributed by atoms with Gasteiger partial charge >= 0.3 is 10.0 Å². The number of ether oxygens (including phenoxy) is 1. The van der Waals surface area contributed by atoms with Crippen molar-refractivity contribution in [1.82, 2.24) is 0 Å². The van der Waals surface area contributed by atoms with Crippen LogP contribution in [0.3, 0.4) is 0 Å². The molecule has 0 radical (unpaired) electrons. The first kappa shape index (κ1) is 16.5. The van der Waals surface area contributed by atoms with Gasteiger partial charge in [0.15, 0.2) is 0 Å². The quantitative estimate of drug-likeness (QED) is 0.719. The van der Waals surface area contributed by atoms with Crippen molar-refractivity contribution in [3.05, 3.63) is 72.7 Å². The molecule has 0 bridgehead atoms. The summed E-state index contributed by atoms with van der Waals surface area (Å²) >= 11 is 0. The summed E-state index contributed by atoms with van der Waals surface area (Å²) in [5.41, 5.74) is 1.66. The van der Waals surface area contributed by atoms with E-state index in [-0.39, 0.29) is 11.6 Å². The van der Waals surface area contributed by atoms with Crippen molar-refractivity contribution in [2.75, 3.05) is 10.5 Å². The molecular weight excluding hydrogens is 355 g/mol. The minimum atomic E-state index is -3.31. The van der Waals surface area contributed by atoms with Gasteiger partial charge in [-0.05, 0) is 54.1 Å². The highest BCUT2D eigenvalue weighted by molar-refractivity contribution is 7.92. The zero-order valence-electron chi connectivity index (χ0n) is 13.7. The molecule has 132 valence electrons. The van der Waals surface area contributed by atoms with E-state index >= 15 is 0 Å².